The topological polar surface area (TPSA) is 27.7 Å². The molecule has 2 aromatic rings. The highest BCUT2D eigenvalue weighted by molar-refractivity contribution is 6.71. The second-order valence-electron chi connectivity index (χ2n) is 10.3. The lowest BCUT2D eigenvalue weighted by Crippen LogP contribution is -2.30. The summed E-state index contributed by atoms with van der Waals surface area (Å²) >= 11 is 0. The van der Waals surface area contributed by atoms with Crippen LogP contribution < -0.4 is 13.3 Å². The Balaban J connectivity index is 2.25. The van der Waals surface area contributed by atoms with Gasteiger partial charge in [-0.2, -0.15) is 0 Å². The first-order valence-corrected chi connectivity index (χ1v) is 20.4. The minimum Gasteiger partial charge on any atom is -0.544 e. The van der Waals surface area contributed by atoms with Crippen LogP contribution in [0.5, 0.6) is 17.2 Å². The molecule has 6 heteroatoms. The van der Waals surface area contributed by atoms with Crippen molar-refractivity contribution in [3.63, 3.8) is 0 Å². The fourth-order valence-corrected chi connectivity index (χ4v) is 5.20. The maximum atomic E-state index is 6.24. The van der Waals surface area contributed by atoms with Crippen LogP contribution in [0.15, 0.2) is 42.5 Å². The molecule has 0 N–H and O–H groups in total. The monoisotopic (exact) mass is 444 g/mol. The van der Waals surface area contributed by atoms with Gasteiger partial charge in [0.15, 0.2) is 0 Å². The van der Waals surface area contributed by atoms with Crippen LogP contribution in [-0.2, 0) is 0 Å². The van der Waals surface area contributed by atoms with Crippen LogP contribution >= 0.6 is 0 Å². The number of hydrogen-bond donors (Lipinski definition) is 0. The number of benzene rings is 2. The molecule has 29 heavy (non-hydrogen) atoms. The average molecular weight is 445 g/mol. The summed E-state index contributed by atoms with van der Waals surface area (Å²) in [6.45, 7) is 19.7. The Labute approximate surface area is 180 Å². The zero-order valence-corrected chi connectivity index (χ0v) is 22.4. The van der Waals surface area contributed by atoms with Crippen LogP contribution in [0.2, 0.25) is 58.9 Å². The Morgan fingerprint density at radius 1 is 0.483 bits per heavy atom. The van der Waals surface area contributed by atoms with Gasteiger partial charge in [-0.3, -0.25) is 0 Å². The summed E-state index contributed by atoms with van der Waals surface area (Å²) < 4.78 is 18.5. The fourth-order valence-electron chi connectivity index (χ4n) is 2.71. The zero-order chi connectivity index (χ0) is 21.9. The van der Waals surface area contributed by atoms with Gasteiger partial charge in [0, 0.05) is 6.07 Å². The molecule has 0 aliphatic rings. The molecular formula is C23H36O3Si3. The summed E-state index contributed by atoms with van der Waals surface area (Å²) in [6.07, 6.45) is 4.23. The van der Waals surface area contributed by atoms with Gasteiger partial charge in [-0.1, -0.05) is 24.3 Å². The maximum absolute atomic E-state index is 6.24. The highest BCUT2D eigenvalue weighted by Crippen LogP contribution is 2.28. The van der Waals surface area contributed by atoms with Crippen molar-refractivity contribution in [1.29, 1.82) is 0 Å². The summed E-state index contributed by atoms with van der Waals surface area (Å²) in [6, 6.07) is 14.5. The Morgan fingerprint density at radius 2 is 0.862 bits per heavy atom. The third-order valence-electron chi connectivity index (χ3n) is 3.52. The quantitative estimate of drug-likeness (QED) is 0.311. The van der Waals surface area contributed by atoms with E-state index < -0.39 is 25.0 Å². The van der Waals surface area contributed by atoms with Crippen molar-refractivity contribution in [2.24, 2.45) is 0 Å². The molecule has 0 amide bonds. The van der Waals surface area contributed by atoms with Gasteiger partial charge < -0.3 is 13.3 Å². The molecule has 0 bridgehead atoms. The Kier molecular flexibility index (Phi) is 7.24. The normalized spacial score (nSPS) is 12.9. The minimum atomic E-state index is -1.69. The van der Waals surface area contributed by atoms with Crippen LogP contribution in [0, 0.1) is 0 Å². The van der Waals surface area contributed by atoms with Gasteiger partial charge >= 0.3 is 0 Å². The number of rotatable bonds is 8. The first kappa shape index (κ1) is 23.5. The molecule has 0 aliphatic carbocycles. The lowest BCUT2D eigenvalue weighted by atomic mass is 10.1. The van der Waals surface area contributed by atoms with Crippen LogP contribution in [0.3, 0.4) is 0 Å². The van der Waals surface area contributed by atoms with Crippen molar-refractivity contribution < 1.29 is 13.3 Å². The largest absolute Gasteiger partial charge is 0.544 e. The highest BCUT2D eigenvalue weighted by atomic mass is 28.4. The van der Waals surface area contributed by atoms with E-state index in [1.807, 2.05) is 18.2 Å². The Bertz CT molecular complexity index is 805. The zero-order valence-electron chi connectivity index (χ0n) is 19.4. The maximum Gasteiger partial charge on any atom is 0.242 e. The van der Waals surface area contributed by atoms with Gasteiger partial charge in [-0.15, -0.1) is 0 Å². The summed E-state index contributed by atoms with van der Waals surface area (Å²) in [5.41, 5.74) is 2.22. The molecule has 0 fully saturated rings. The van der Waals surface area contributed by atoms with Gasteiger partial charge in [-0.25, -0.2) is 0 Å². The molecule has 0 spiro atoms. The SMILES string of the molecule is C[Si](C)(C)Oc1ccc(/C=C/c2cc(O[Si](C)(C)C)cc(O[Si](C)(C)C)c2)cc1. The first-order chi connectivity index (χ1) is 13.2. The third-order valence-corrected chi connectivity index (χ3v) is 6.07. The summed E-state index contributed by atoms with van der Waals surface area (Å²) in [7, 11) is -4.97. The van der Waals surface area contributed by atoms with E-state index in [0.29, 0.717) is 0 Å². The van der Waals surface area contributed by atoms with E-state index in [-0.39, 0.29) is 0 Å². The molecule has 2 rings (SSSR count). The second kappa shape index (κ2) is 8.93. The molecule has 3 nitrogen and oxygen atoms in total. The van der Waals surface area contributed by atoms with E-state index in [2.05, 4.69) is 95.3 Å². The molecule has 0 radical (unpaired) electrons. The van der Waals surface area contributed by atoms with Crippen LogP contribution in [0.4, 0.5) is 0 Å². The van der Waals surface area contributed by atoms with Gasteiger partial charge in [0.1, 0.15) is 17.2 Å². The van der Waals surface area contributed by atoms with E-state index in [1.165, 1.54) is 0 Å². The summed E-state index contributed by atoms with van der Waals surface area (Å²) in [4.78, 5) is 0. The molecule has 158 valence electrons. The third kappa shape index (κ3) is 9.52. The Morgan fingerprint density at radius 3 is 1.28 bits per heavy atom. The standard InChI is InChI=1S/C23H36O3Si3/c1-27(2,3)24-21-14-12-19(13-15-21)10-11-20-16-22(25-28(4,5)6)18-23(17-20)26-29(7,8)9/h10-18H,1-9H3/b11-10+. The van der Waals surface area contributed by atoms with Crippen molar-refractivity contribution in [2.45, 2.75) is 58.9 Å². The smallest absolute Gasteiger partial charge is 0.242 e. The molecule has 0 aliphatic heterocycles. The summed E-state index contributed by atoms with van der Waals surface area (Å²) in [5.74, 6) is 2.72. The van der Waals surface area contributed by atoms with Gasteiger partial charge in [0.25, 0.3) is 0 Å². The molecule has 0 unspecified atom stereocenters. The molecule has 0 aromatic heterocycles. The van der Waals surface area contributed by atoms with E-state index in [9.17, 15) is 0 Å². The average Bonchev–Trinajstić information content (AvgIpc) is 2.49. The molecule has 0 atom stereocenters. The molecule has 2 aromatic carbocycles. The van der Waals surface area contributed by atoms with Crippen LogP contribution in [-0.4, -0.2) is 25.0 Å². The van der Waals surface area contributed by atoms with Crippen LogP contribution in [0.25, 0.3) is 12.2 Å². The van der Waals surface area contributed by atoms with Crippen molar-refractivity contribution in [3.05, 3.63) is 53.6 Å². The second-order valence-corrected chi connectivity index (χ2v) is 23.6. The van der Waals surface area contributed by atoms with E-state index in [4.69, 9.17) is 13.3 Å². The lowest BCUT2D eigenvalue weighted by molar-refractivity contribution is 0.533. The molecule has 0 saturated carbocycles. The summed E-state index contributed by atoms with van der Waals surface area (Å²) in [5, 5.41) is 0. The Hall–Kier alpha value is -1.77. The number of hydrogen-bond acceptors (Lipinski definition) is 3. The van der Waals surface area contributed by atoms with Crippen molar-refractivity contribution >= 4 is 37.1 Å². The molecule has 0 saturated heterocycles. The van der Waals surface area contributed by atoms with E-state index in [1.54, 1.807) is 0 Å². The van der Waals surface area contributed by atoms with Crippen molar-refractivity contribution in [2.75, 3.05) is 0 Å². The minimum absolute atomic E-state index is 0.887. The predicted molar refractivity (Wildman–Crippen MR) is 134 cm³/mol. The van der Waals surface area contributed by atoms with Crippen LogP contribution in [0.1, 0.15) is 11.1 Å². The molecule has 0 heterocycles. The molecular weight excluding hydrogens is 409 g/mol. The van der Waals surface area contributed by atoms with E-state index >= 15 is 0 Å². The van der Waals surface area contributed by atoms with Gasteiger partial charge in [0.05, 0.1) is 0 Å². The lowest BCUT2D eigenvalue weighted by Gasteiger charge is -2.23. The van der Waals surface area contributed by atoms with Gasteiger partial charge in [-0.05, 0) is 94.3 Å². The van der Waals surface area contributed by atoms with Crippen molar-refractivity contribution in [3.8, 4) is 17.2 Å². The predicted octanol–water partition coefficient (Wildman–Crippen LogP) is 7.50. The highest BCUT2D eigenvalue weighted by Gasteiger charge is 2.20. The van der Waals surface area contributed by atoms with E-state index in [0.717, 1.165) is 28.4 Å². The van der Waals surface area contributed by atoms with Gasteiger partial charge in [0.2, 0.25) is 25.0 Å². The fraction of sp³-hybridized carbons (Fsp3) is 0.391. The van der Waals surface area contributed by atoms with Crippen molar-refractivity contribution in [1.82, 2.24) is 0 Å². The first-order valence-electron chi connectivity index (χ1n) is 10.2.